The second-order valence-electron chi connectivity index (χ2n) is 4.56. The van der Waals surface area contributed by atoms with E-state index in [-0.39, 0.29) is 5.82 Å². The van der Waals surface area contributed by atoms with Crippen LogP contribution in [0.25, 0.3) is 0 Å². The molecule has 0 radical (unpaired) electrons. The minimum Gasteiger partial charge on any atom is -0.344 e. The first-order valence-corrected chi connectivity index (χ1v) is 6.98. The number of nitrogens with one attached hydrogen (secondary N) is 1. The number of rotatable bonds is 5. The van der Waals surface area contributed by atoms with Crippen molar-refractivity contribution in [2.75, 3.05) is 18.5 Å². The van der Waals surface area contributed by atoms with Crippen molar-refractivity contribution in [1.82, 2.24) is 5.32 Å². The normalized spacial score (nSPS) is 10.6. The van der Waals surface area contributed by atoms with E-state index >= 15 is 0 Å². The Morgan fingerprint density at radius 2 is 1.95 bits per heavy atom. The molecule has 2 rings (SSSR count). The lowest BCUT2D eigenvalue weighted by Crippen LogP contribution is -2.17. The summed E-state index contributed by atoms with van der Waals surface area (Å²) in [6.07, 6.45) is 0. The summed E-state index contributed by atoms with van der Waals surface area (Å²) < 4.78 is 13.4. The van der Waals surface area contributed by atoms with Crippen molar-refractivity contribution in [1.29, 1.82) is 0 Å². The molecule has 1 N–H and O–H groups in total. The van der Waals surface area contributed by atoms with Crippen LogP contribution in [-0.2, 0) is 6.54 Å². The first-order valence-electron chi connectivity index (χ1n) is 6.61. The minimum absolute atomic E-state index is 0.246. The summed E-state index contributed by atoms with van der Waals surface area (Å²) in [6.45, 7) is 3.60. The number of hydrogen-bond donors (Lipinski definition) is 1. The number of hydrogen-bond acceptors (Lipinski definition) is 2. The number of halogens is 2. The maximum Gasteiger partial charge on any atom is 0.125 e. The predicted molar refractivity (Wildman–Crippen MR) is 83.3 cm³/mol. The molecule has 106 valence electrons. The van der Waals surface area contributed by atoms with Crippen LogP contribution in [0, 0.1) is 5.82 Å². The molecule has 0 atom stereocenters. The van der Waals surface area contributed by atoms with Gasteiger partial charge in [-0.15, -0.1) is 0 Å². The highest BCUT2D eigenvalue weighted by Gasteiger charge is 2.12. The minimum atomic E-state index is -0.246. The van der Waals surface area contributed by atoms with Crippen LogP contribution in [0.1, 0.15) is 12.5 Å². The zero-order valence-corrected chi connectivity index (χ0v) is 12.4. The van der Waals surface area contributed by atoms with Crippen molar-refractivity contribution in [3.05, 3.63) is 58.9 Å². The number of benzene rings is 2. The van der Waals surface area contributed by atoms with Crippen LogP contribution in [0.5, 0.6) is 0 Å². The zero-order valence-electron chi connectivity index (χ0n) is 11.7. The van der Waals surface area contributed by atoms with Crippen molar-refractivity contribution in [2.45, 2.75) is 13.5 Å². The monoisotopic (exact) mass is 292 g/mol. The average Bonchev–Trinajstić information content (AvgIpc) is 2.45. The third kappa shape index (κ3) is 3.30. The molecule has 0 heterocycles. The van der Waals surface area contributed by atoms with Gasteiger partial charge < -0.3 is 10.2 Å². The Labute approximate surface area is 124 Å². The van der Waals surface area contributed by atoms with Crippen LogP contribution >= 0.6 is 11.6 Å². The van der Waals surface area contributed by atoms with Gasteiger partial charge in [0.1, 0.15) is 5.82 Å². The maximum absolute atomic E-state index is 13.4. The van der Waals surface area contributed by atoms with E-state index in [4.69, 9.17) is 11.6 Å². The summed E-state index contributed by atoms with van der Waals surface area (Å²) in [5.74, 6) is -0.246. The molecular weight excluding hydrogens is 275 g/mol. The first kappa shape index (κ1) is 14.8. The van der Waals surface area contributed by atoms with Crippen molar-refractivity contribution < 1.29 is 4.39 Å². The molecule has 0 bridgehead atoms. The largest absolute Gasteiger partial charge is 0.344 e. The fraction of sp³-hybridized carbons (Fsp3) is 0.250. The molecule has 0 fully saturated rings. The van der Waals surface area contributed by atoms with Crippen LogP contribution < -0.4 is 10.2 Å². The van der Waals surface area contributed by atoms with E-state index in [1.807, 2.05) is 43.1 Å². The molecule has 0 unspecified atom stereocenters. The highest BCUT2D eigenvalue weighted by atomic mass is 35.5. The van der Waals surface area contributed by atoms with Gasteiger partial charge in [0, 0.05) is 35.6 Å². The quantitative estimate of drug-likeness (QED) is 0.881. The summed E-state index contributed by atoms with van der Waals surface area (Å²) >= 11 is 6.29. The van der Waals surface area contributed by atoms with E-state index in [1.54, 1.807) is 6.07 Å². The summed E-state index contributed by atoms with van der Waals surface area (Å²) in [4.78, 5) is 1.95. The average molecular weight is 293 g/mol. The molecule has 20 heavy (non-hydrogen) atoms. The fourth-order valence-corrected chi connectivity index (χ4v) is 2.35. The van der Waals surface area contributed by atoms with Gasteiger partial charge in [0.15, 0.2) is 0 Å². The van der Waals surface area contributed by atoms with Crippen molar-refractivity contribution >= 4 is 23.0 Å². The van der Waals surface area contributed by atoms with Crippen LogP contribution in [0.3, 0.4) is 0 Å². The Morgan fingerprint density at radius 1 is 1.20 bits per heavy atom. The smallest absolute Gasteiger partial charge is 0.125 e. The maximum atomic E-state index is 13.4. The SMILES string of the molecule is CCNCc1c(Cl)cccc1N(C)c1cccc(F)c1. The third-order valence-electron chi connectivity index (χ3n) is 3.20. The van der Waals surface area contributed by atoms with Crippen molar-refractivity contribution in [3.63, 3.8) is 0 Å². The number of nitrogens with zero attached hydrogens (tertiary/aromatic N) is 1. The Kier molecular flexibility index (Phi) is 4.99. The van der Waals surface area contributed by atoms with Gasteiger partial charge >= 0.3 is 0 Å². The lowest BCUT2D eigenvalue weighted by atomic mass is 10.1. The summed E-state index contributed by atoms with van der Waals surface area (Å²) in [5, 5.41) is 3.99. The molecule has 4 heteroatoms. The van der Waals surface area contributed by atoms with Gasteiger partial charge in [-0.1, -0.05) is 30.7 Å². The molecule has 2 nitrogen and oxygen atoms in total. The third-order valence-corrected chi connectivity index (χ3v) is 3.56. The Hall–Kier alpha value is -1.58. The second-order valence-corrected chi connectivity index (χ2v) is 4.96. The summed E-state index contributed by atoms with van der Waals surface area (Å²) in [5.41, 5.74) is 2.79. The van der Waals surface area contributed by atoms with Gasteiger partial charge in [-0.25, -0.2) is 4.39 Å². The molecule has 0 aliphatic heterocycles. The lowest BCUT2D eigenvalue weighted by Gasteiger charge is -2.23. The Morgan fingerprint density at radius 3 is 2.65 bits per heavy atom. The Balaban J connectivity index is 2.38. The molecule has 0 saturated heterocycles. The van der Waals surface area contributed by atoms with E-state index in [9.17, 15) is 4.39 Å². The molecule has 0 amide bonds. The molecule has 0 aliphatic rings. The van der Waals surface area contributed by atoms with Crippen LogP contribution in [0.2, 0.25) is 5.02 Å². The predicted octanol–water partition coefficient (Wildman–Crippen LogP) is 4.36. The van der Waals surface area contributed by atoms with E-state index in [0.29, 0.717) is 11.6 Å². The van der Waals surface area contributed by atoms with Crippen LogP contribution in [0.15, 0.2) is 42.5 Å². The standard InChI is InChI=1S/C16H18ClFN2/c1-3-19-11-14-15(17)8-5-9-16(14)20(2)13-7-4-6-12(18)10-13/h4-10,19H,3,11H2,1-2H3. The molecule has 0 aromatic heterocycles. The van der Waals surface area contributed by atoms with Gasteiger partial charge in [-0.05, 0) is 36.9 Å². The highest BCUT2D eigenvalue weighted by Crippen LogP contribution is 2.31. The van der Waals surface area contributed by atoms with Gasteiger partial charge in [0.2, 0.25) is 0 Å². The van der Waals surface area contributed by atoms with Gasteiger partial charge in [-0.3, -0.25) is 0 Å². The molecule has 0 saturated carbocycles. The van der Waals surface area contributed by atoms with Gasteiger partial charge in [0.05, 0.1) is 0 Å². The second kappa shape index (κ2) is 6.73. The first-order chi connectivity index (χ1) is 9.63. The molecule has 0 spiro atoms. The van der Waals surface area contributed by atoms with E-state index in [2.05, 4.69) is 5.32 Å². The molecular formula is C16H18ClFN2. The van der Waals surface area contributed by atoms with E-state index < -0.39 is 0 Å². The molecule has 0 aliphatic carbocycles. The summed E-state index contributed by atoms with van der Waals surface area (Å²) in [6, 6.07) is 12.3. The van der Waals surface area contributed by atoms with Crippen molar-refractivity contribution in [2.24, 2.45) is 0 Å². The lowest BCUT2D eigenvalue weighted by molar-refractivity contribution is 0.628. The van der Waals surface area contributed by atoms with Crippen LogP contribution in [-0.4, -0.2) is 13.6 Å². The van der Waals surface area contributed by atoms with Gasteiger partial charge in [-0.2, -0.15) is 0 Å². The topological polar surface area (TPSA) is 15.3 Å². The zero-order chi connectivity index (χ0) is 14.5. The van der Waals surface area contributed by atoms with Crippen molar-refractivity contribution in [3.8, 4) is 0 Å². The molecule has 2 aromatic rings. The van der Waals surface area contributed by atoms with Gasteiger partial charge in [0.25, 0.3) is 0 Å². The van der Waals surface area contributed by atoms with E-state index in [0.717, 1.165) is 23.5 Å². The molecule has 2 aromatic carbocycles. The Bertz CT molecular complexity index is 586. The summed E-state index contributed by atoms with van der Waals surface area (Å²) in [7, 11) is 1.91. The fourth-order valence-electron chi connectivity index (χ4n) is 2.11. The van der Waals surface area contributed by atoms with E-state index in [1.165, 1.54) is 12.1 Å². The van der Waals surface area contributed by atoms with Crippen LogP contribution in [0.4, 0.5) is 15.8 Å². The number of anilines is 2. The highest BCUT2D eigenvalue weighted by molar-refractivity contribution is 6.31.